The number of rotatable bonds is 6. The number of terminal acetylenes is 1. The molecule has 0 unspecified atom stereocenters. The van der Waals surface area contributed by atoms with Gasteiger partial charge in [-0.05, 0) is 13.0 Å². The van der Waals surface area contributed by atoms with Crippen LogP contribution in [0.1, 0.15) is 34.8 Å². The molecule has 2 aromatic rings. The van der Waals surface area contributed by atoms with Gasteiger partial charge in [0.2, 0.25) is 0 Å². The molecule has 0 saturated heterocycles. The summed E-state index contributed by atoms with van der Waals surface area (Å²) in [5.41, 5.74) is 0.945. The lowest BCUT2D eigenvalue weighted by Crippen LogP contribution is -2.28. The first-order valence-corrected chi connectivity index (χ1v) is 7.55. The van der Waals surface area contributed by atoms with Gasteiger partial charge < -0.3 is 10.3 Å². The lowest BCUT2D eigenvalue weighted by atomic mass is 10.0. The van der Waals surface area contributed by atoms with Crippen LogP contribution in [0.2, 0.25) is 0 Å². The van der Waals surface area contributed by atoms with E-state index in [1.54, 1.807) is 11.3 Å². The Morgan fingerprint density at radius 2 is 2.33 bits per heavy atom. The van der Waals surface area contributed by atoms with Crippen LogP contribution >= 0.6 is 11.3 Å². The van der Waals surface area contributed by atoms with Gasteiger partial charge in [0.15, 0.2) is 5.66 Å². The maximum Gasteiger partial charge on any atom is 0.267 e. The van der Waals surface area contributed by atoms with Gasteiger partial charge in [-0.25, -0.2) is 4.98 Å². The number of aromatic amines is 1. The minimum absolute atomic E-state index is 0.134. The number of carbonyl (C=O) groups excluding carboxylic acids is 1. The molecular weight excluding hydrogens is 286 g/mol. The number of amides is 1. The van der Waals surface area contributed by atoms with Crippen molar-refractivity contribution in [3.63, 3.8) is 0 Å². The molecule has 0 fully saturated rings. The van der Waals surface area contributed by atoms with Gasteiger partial charge in [-0.1, -0.05) is 0 Å². The van der Waals surface area contributed by atoms with Crippen molar-refractivity contribution in [2.75, 3.05) is 6.54 Å². The zero-order valence-electron chi connectivity index (χ0n) is 11.6. The highest BCUT2D eigenvalue weighted by Gasteiger charge is 2.38. The summed E-state index contributed by atoms with van der Waals surface area (Å²) in [5, 5.41) is 11.9. The van der Waals surface area contributed by atoms with Gasteiger partial charge in [-0.15, -0.1) is 23.7 Å². The van der Waals surface area contributed by atoms with Crippen LogP contribution in [0.4, 0.5) is 0 Å². The van der Waals surface area contributed by atoms with Crippen LogP contribution in [0.15, 0.2) is 16.3 Å². The molecule has 1 aliphatic heterocycles. The Labute approximate surface area is 126 Å². The molecule has 1 aliphatic rings. The molecule has 7 heteroatoms. The van der Waals surface area contributed by atoms with E-state index in [4.69, 9.17) is 6.42 Å². The van der Waals surface area contributed by atoms with Crippen molar-refractivity contribution in [1.29, 1.82) is 0 Å². The third-order valence-corrected chi connectivity index (χ3v) is 4.31. The summed E-state index contributed by atoms with van der Waals surface area (Å²) in [6.45, 7) is 2.46. The van der Waals surface area contributed by atoms with Gasteiger partial charge in [0.1, 0.15) is 11.3 Å². The van der Waals surface area contributed by atoms with Crippen molar-refractivity contribution in [1.82, 2.24) is 15.3 Å². The number of carbonyl (C=O) groups is 1. The van der Waals surface area contributed by atoms with Crippen molar-refractivity contribution in [2.45, 2.75) is 31.8 Å². The Kier molecular flexibility index (Phi) is 3.47. The lowest BCUT2D eigenvalue weighted by molar-refractivity contribution is 0.0947. The van der Waals surface area contributed by atoms with Gasteiger partial charge in [0.25, 0.3) is 5.91 Å². The second-order valence-electron chi connectivity index (χ2n) is 5.02. The second-order valence-corrected chi connectivity index (χ2v) is 6.26. The topological polar surface area (TPSA) is 82.5 Å². The summed E-state index contributed by atoms with van der Waals surface area (Å²) in [6.07, 6.45) is 7.33. The lowest BCUT2D eigenvalue weighted by Gasteiger charge is -2.09. The maximum absolute atomic E-state index is 12.1. The summed E-state index contributed by atoms with van der Waals surface area (Å²) in [7, 11) is 0. The fourth-order valence-corrected chi connectivity index (χ4v) is 3.01. The highest BCUT2D eigenvalue weighted by Crippen LogP contribution is 2.36. The molecule has 0 spiro atoms. The first-order chi connectivity index (χ1) is 10.1. The molecule has 0 bridgehead atoms. The van der Waals surface area contributed by atoms with E-state index in [0.29, 0.717) is 25.1 Å². The summed E-state index contributed by atoms with van der Waals surface area (Å²) < 4.78 is 0.996. The fourth-order valence-electron chi connectivity index (χ4n) is 2.19. The third-order valence-electron chi connectivity index (χ3n) is 3.40. The standard InChI is InChI=1S/C14H15N5OS/c1-3-4-5-14(18-19-14)6-7-15-13(20)10-8-11-12(17-10)16-9(2)21-11/h1,8,17H,4-7H2,2H3,(H,15,20). The van der Waals surface area contributed by atoms with Crippen LogP contribution in [0.3, 0.4) is 0 Å². The molecule has 0 aromatic carbocycles. The quantitative estimate of drug-likeness (QED) is 0.804. The highest BCUT2D eigenvalue weighted by atomic mass is 32.1. The summed E-state index contributed by atoms with van der Waals surface area (Å²) in [4.78, 5) is 19.4. The number of fused-ring (bicyclic) bond motifs is 1. The second kappa shape index (κ2) is 5.30. The minimum Gasteiger partial charge on any atom is -0.351 e. The molecule has 108 valence electrons. The van der Waals surface area contributed by atoms with Crippen LogP contribution < -0.4 is 5.32 Å². The molecule has 21 heavy (non-hydrogen) atoms. The number of hydrogen-bond acceptors (Lipinski definition) is 5. The van der Waals surface area contributed by atoms with Gasteiger partial charge in [-0.2, -0.15) is 10.2 Å². The van der Waals surface area contributed by atoms with E-state index >= 15 is 0 Å². The van der Waals surface area contributed by atoms with Crippen LogP contribution in [-0.2, 0) is 0 Å². The predicted molar refractivity (Wildman–Crippen MR) is 81.3 cm³/mol. The normalized spacial score (nSPS) is 15.0. The molecule has 2 aromatic heterocycles. The van der Waals surface area contributed by atoms with Gasteiger partial charge >= 0.3 is 0 Å². The highest BCUT2D eigenvalue weighted by molar-refractivity contribution is 7.18. The number of H-pyrrole nitrogens is 1. The first kappa shape index (κ1) is 13.8. The molecular formula is C14H15N5OS. The van der Waals surface area contributed by atoms with Crippen LogP contribution in [0, 0.1) is 19.3 Å². The average molecular weight is 301 g/mol. The van der Waals surface area contributed by atoms with Crippen LogP contribution in [-0.4, -0.2) is 28.1 Å². The Hall–Kier alpha value is -2.20. The van der Waals surface area contributed by atoms with Crippen molar-refractivity contribution in [3.05, 3.63) is 16.8 Å². The van der Waals surface area contributed by atoms with Gasteiger partial charge in [-0.3, -0.25) is 4.79 Å². The molecule has 6 nitrogen and oxygen atoms in total. The van der Waals surface area contributed by atoms with Gasteiger partial charge in [0, 0.05) is 25.8 Å². The number of hydrogen-bond donors (Lipinski definition) is 2. The van der Waals surface area contributed by atoms with E-state index in [1.807, 2.05) is 13.0 Å². The number of nitrogens with zero attached hydrogens (tertiary/aromatic N) is 3. The molecule has 0 aliphatic carbocycles. The average Bonchev–Trinajstić information content (AvgIpc) is 2.97. The fraction of sp³-hybridized carbons (Fsp3) is 0.429. The Balaban J connectivity index is 1.52. The monoisotopic (exact) mass is 301 g/mol. The molecule has 0 radical (unpaired) electrons. The molecule has 3 rings (SSSR count). The number of aryl methyl sites for hydroxylation is 1. The predicted octanol–water partition coefficient (Wildman–Crippen LogP) is 2.63. The zero-order chi connectivity index (χ0) is 14.9. The van der Waals surface area contributed by atoms with Crippen molar-refractivity contribution in [3.8, 4) is 12.3 Å². The third kappa shape index (κ3) is 2.95. The Bertz CT molecular complexity index is 714. The van der Waals surface area contributed by atoms with Crippen LogP contribution in [0.25, 0.3) is 10.3 Å². The first-order valence-electron chi connectivity index (χ1n) is 6.74. The van der Waals surface area contributed by atoms with Crippen LogP contribution in [0.5, 0.6) is 0 Å². The van der Waals surface area contributed by atoms with E-state index < -0.39 is 0 Å². The number of nitrogens with one attached hydrogen (secondary N) is 2. The summed E-state index contributed by atoms with van der Waals surface area (Å²) in [6, 6.07) is 1.83. The Morgan fingerprint density at radius 3 is 3.00 bits per heavy atom. The van der Waals surface area contributed by atoms with Gasteiger partial charge in [0.05, 0.1) is 9.71 Å². The van der Waals surface area contributed by atoms with Crippen molar-refractivity contribution in [2.24, 2.45) is 10.2 Å². The summed E-state index contributed by atoms with van der Waals surface area (Å²) in [5.74, 6) is 2.45. The molecule has 0 saturated carbocycles. The largest absolute Gasteiger partial charge is 0.351 e. The molecule has 3 heterocycles. The van der Waals surface area contributed by atoms with Crippen molar-refractivity contribution < 1.29 is 4.79 Å². The molecule has 0 atom stereocenters. The molecule has 2 N–H and O–H groups in total. The van der Waals surface area contributed by atoms with E-state index in [1.165, 1.54) is 0 Å². The molecule has 1 amide bonds. The van der Waals surface area contributed by atoms with E-state index in [9.17, 15) is 4.79 Å². The summed E-state index contributed by atoms with van der Waals surface area (Å²) >= 11 is 1.57. The number of aromatic nitrogens is 2. The van der Waals surface area contributed by atoms with E-state index in [-0.39, 0.29) is 11.6 Å². The zero-order valence-corrected chi connectivity index (χ0v) is 12.5. The maximum atomic E-state index is 12.1. The van der Waals surface area contributed by atoms with Crippen molar-refractivity contribution >= 4 is 27.6 Å². The van der Waals surface area contributed by atoms with E-state index in [2.05, 4.69) is 31.4 Å². The smallest absolute Gasteiger partial charge is 0.267 e. The number of thiazole rings is 1. The SMILES string of the molecule is C#CCCC1(CCNC(=O)c2cc3sc(C)nc3[nH]2)N=N1. The Morgan fingerprint density at radius 1 is 1.52 bits per heavy atom. The minimum atomic E-state index is -0.353. The van der Waals surface area contributed by atoms with E-state index in [0.717, 1.165) is 21.8 Å².